The van der Waals surface area contributed by atoms with Gasteiger partial charge in [-0.3, -0.25) is 0 Å². The lowest BCUT2D eigenvalue weighted by atomic mass is 9.99. The average molecular weight is 232 g/mol. The Morgan fingerprint density at radius 1 is 1.06 bits per heavy atom. The largest absolute Gasteiger partial charge is 0.0912 e. The number of rotatable bonds is 2. The van der Waals surface area contributed by atoms with Crippen molar-refractivity contribution < 1.29 is 0 Å². The van der Waals surface area contributed by atoms with Crippen LogP contribution in [0.4, 0.5) is 0 Å². The van der Waals surface area contributed by atoms with Gasteiger partial charge in [-0.25, -0.2) is 0 Å². The standard InChI is InChI=1S/C18H16/c1-3-6-13(2)14-9-10-16-11-15-7-4-5-8-17(15)18(16)12-14/h3-10,12H,2,11H2,1H3/b6-3-. The first-order valence-corrected chi connectivity index (χ1v) is 6.33. The first-order chi connectivity index (χ1) is 8.79. The van der Waals surface area contributed by atoms with Gasteiger partial charge in [0, 0.05) is 0 Å². The van der Waals surface area contributed by atoms with Gasteiger partial charge in [0.05, 0.1) is 0 Å². The Hall–Kier alpha value is -2.08. The van der Waals surface area contributed by atoms with Crippen LogP contribution in [0.1, 0.15) is 23.6 Å². The van der Waals surface area contributed by atoms with Crippen LogP contribution in [0.3, 0.4) is 0 Å². The van der Waals surface area contributed by atoms with E-state index in [1.54, 1.807) is 0 Å². The van der Waals surface area contributed by atoms with Crippen LogP contribution in [0, 0.1) is 0 Å². The summed E-state index contributed by atoms with van der Waals surface area (Å²) in [6, 6.07) is 15.3. The predicted octanol–water partition coefficient (Wildman–Crippen LogP) is 4.85. The summed E-state index contributed by atoms with van der Waals surface area (Å²) >= 11 is 0. The summed E-state index contributed by atoms with van der Waals surface area (Å²) in [5.41, 5.74) is 7.89. The molecule has 0 aliphatic heterocycles. The highest BCUT2D eigenvalue weighted by molar-refractivity contribution is 5.82. The van der Waals surface area contributed by atoms with Crippen molar-refractivity contribution >= 4 is 5.57 Å². The first kappa shape index (κ1) is 11.0. The topological polar surface area (TPSA) is 0 Å². The molecular weight excluding hydrogens is 216 g/mol. The summed E-state index contributed by atoms with van der Waals surface area (Å²) < 4.78 is 0. The molecule has 0 saturated heterocycles. The highest BCUT2D eigenvalue weighted by atomic mass is 14.2. The molecule has 0 heteroatoms. The van der Waals surface area contributed by atoms with E-state index < -0.39 is 0 Å². The van der Waals surface area contributed by atoms with Gasteiger partial charge in [0.1, 0.15) is 0 Å². The molecule has 3 rings (SSSR count). The molecule has 0 nitrogen and oxygen atoms in total. The van der Waals surface area contributed by atoms with Crippen LogP contribution in [0.2, 0.25) is 0 Å². The molecule has 2 aromatic carbocycles. The van der Waals surface area contributed by atoms with Gasteiger partial charge in [-0.15, -0.1) is 0 Å². The number of hydrogen-bond donors (Lipinski definition) is 0. The van der Waals surface area contributed by atoms with Crippen molar-refractivity contribution in [3.05, 3.63) is 77.9 Å². The van der Waals surface area contributed by atoms with Gasteiger partial charge in [-0.1, -0.05) is 55.1 Å². The maximum Gasteiger partial charge on any atom is -0.00134 e. The van der Waals surface area contributed by atoms with Crippen LogP contribution < -0.4 is 0 Å². The van der Waals surface area contributed by atoms with E-state index in [0.29, 0.717) is 0 Å². The number of hydrogen-bond acceptors (Lipinski definition) is 0. The van der Waals surface area contributed by atoms with E-state index in [1.165, 1.54) is 27.8 Å². The summed E-state index contributed by atoms with van der Waals surface area (Å²) in [6.45, 7) is 6.13. The number of fused-ring (bicyclic) bond motifs is 3. The quantitative estimate of drug-likeness (QED) is 0.554. The van der Waals surface area contributed by atoms with Crippen molar-refractivity contribution in [2.45, 2.75) is 13.3 Å². The predicted molar refractivity (Wildman–Crippen MR) is 78.5 cm³/mol. The van der Waals surface area contributed by atoms with Crippen LogP contribution in [0.25, 0.3) is 16.7 Å². The van der Waals surface area contributed by atoms with Crippen molar-refractivity contribution in [2.24, 2.45) is 0 Å². The molecule has 0 aromatic heterocycles. The maximum atomic E-state index is 4.11. The summed E-state index contributed by atoms with van der Waals surface area (Å²) in [7, 11) is 0. The van der Waals surface area contributed by atoms with Crippen molar-refractivity contribution in [3.63, 3.8) is 0 Å². The normalized spacial score (nSPS) is 12.5. The zero-order valence-electron chi connectivity index (χ0n) is 10.6. The summed E-state index contributed by atoms with van der Waals surface area (Å²) in [5.74, 6) is 0. The second kappa shape index (κ2) is 4.30. The third-order valence-corrected chi connectivity index (χ3v) is 3.54. The van der Waals surface area contributed by atoms with E-state index in [1.807, 2.05) is 13.0 Å². The van der Waals surface area contributed by atoms with Gasteiger partial charge < -0.3 is 0 Å². The fourth-order valence-corrected chi connectivity index (χ4v) is 2.62. The first-order valence-electron chi connectivity index (χ1n) is 6.33. The molecule has 0 bridgehead atoms. The minimum Gasteiger partial charge on any atom is -0.0912 e. The SMILES string of the molecule is C=C(/C=C\C)c1ccc2c(c1)-c1ccccc1C2. The fraction of sp³-hybridized carbons (Fsp3) is 0.111. The fourth-order valence-electron chi connectivity index (χ4n) is 2.62. The Labute approximate surface area is 108 Å². The van der Waals surface area contributed by atoms with Gasteiger partial charge >= 0.3 is 0 Å². The van der Waals surface area contributed by atoms with E-state index in [0.717, 1.165) is 12.0 Å². The molecule has 0 radical (unpaired) electrons. The molecule has 18 heavy (non-hydrogen) atoms. The Balaban J connectivity index is 2.11. The Bertz CT molecular complexity index is 645. The Morgan fingerprint density at radius 2 is 1.83 bits per heavy atom. The van der Waals surface area contributed by atoms with E-state index in [4.69, 9.17) is 0 Å². The van der Waals surface area contributed by atoms with Gasteiger partial charge in [0.25, 0.3) is 0 Å². The molecule has 0 atom stereocenters. The van der Waals surface area contributed by atoms with Gasteiger partial charge in [-0.2, -0.15) is 0 Å². The lowest BCUT2D eigenvalue weighted by molar-refractivity contribution is 1.26. The van der Waals surface area contributed by atoms with Crippen molar-refractivity contribution in [1.82, 2.24) is 0 Å². The lowest BCUT2D eigenvalue weighted by Crippen LogP contribution is -1.84. The van der Waals surface area contributed by atoms with Crippen LogP contribution in [0.15, 0.2) is 61.2 Å². The Morgan fingerprint density at radius 3 is 2.67 bits per heavy atom. The van der Waals surface area contributed by atoms with Gasteiger partial charge in [0.15, 0.2) is 0 Å². The minimum absolute atomic E-state index is 1.06. The van der Waals surface area contributed by atoms with Crippen LogP contribution in [-0.2, 0) is 6.42 Å². The third kappa shape index (κ3) is 1.70. The molecule has 0 unspecified atom stereocenters. The van der Waals surface area contributed by atoms with Gasteiger partial charge in [0.2, 0.25) is 0 Å². The molecule has 0 saturated carbocycles. The van der Waals surface area contributed by atoms with Gasteiger partial charge in [-0.05, 0) is 52.8 Å². The average Bonchev–Trinajstić information content (AvgIpc) is 2.76. The highest BCUT2D eigenvalue weighted by Crippen LogP contribution is 2.37. The van der Waals surface area contributed by atoms with E-state index in [9.17, 15) is 0 Å². The van der Waals surface area contributed by atoms with Crippen LogP contribution in [-0.4, -0.2) is 0 Å². The molecule has 1 aliphatic rings. The summed E-state index contributed by atoms with van der Waals surface area (Å²) in [5, 5.41) is 0. The molecule has 2 aromatic rings. The number of allylic oxidation sites excluding steroid dienone is 3. The van der Waals surface area contributed by atoms with Crippen molar-refractivity contribution in [2.75, 3.05) is 0 Å². The molecule has 0 heterocycles. The smallest absolute Gasteiger partial charge is 0.00134 e. The van der Waals surface area contributed by atoms with Crippen molar-refractivity contribution in [3.8, 4) is 11.1 Å². The van der Waals surface area contributed by atoms with E-state index >= 15 is 0 Å². The molecule has 1 aliphatic carbocycles. The molecule has 88 valence electrons. The Kier molecular flexibility index (Phi) is 2.64. The summed E-state index contributed by atoms with van der Waals surface area (Å²) in [6.07, 6.45) is 5.15. The molecule has 0 N–H and O–H groups in total. The highest BCUT2D eigenvalue weighted by Gasteiger charge is 2.17. The maximum absolute atomic E-state index is 4.11. The second-order valence-electron chi connectivity index (χ2n) is 4.73. The van der Waals surface area contributed by atoms with E-state index in [2.05, 4.69) is 55.1 Å². The molecular formula is C18H16. The third-order valence-electron chi connectivity index (χ3n) is 3.54. The van der Waals surface area contributed by atoms with E-state index in [-0.39, 0.29) is 0 Å². The van der Waals surface area contributed by atoms with Crippen LogP contribution >= 0.6 is 0 Å². The lowest BCUT2D eigenvalue weighted by Gasteiger charge is -2.05. The minimum atomic E-state index is 1.06. The van der Waals surface area contributed by atoms with Crippen molar-refractivity contribution in [1.29, 1.82) is 0 Å². The second-order valence-corrected chi connectivity index (χ2v) is 4.73. The monoisotopic (exact) mass is 232 g/mol. The summed E-state index contributed by atoms with van der Waals surface area (Å²) in [4.78, 5) is 0. The molecule has 0 fully saturated rings. The zero-order valence-corrected chi connectivity index (χ0v) is 10.6. The molecule has 0 amide bonds. The van der Waals surface area contributed by atoms with Crippen LogP contribution in [0.5, 0.6) is 0 Å². The zero-order chi connectivity index (χ0) is 12.5. The number of benzene rings is 2. The molecule has 0 spiro atoms.